The molecule has 0 saturated heterocycles. The molecule has 2 unspecified atom stereocenters. The van der Waals surface area contributed by atoms with Gasteiger partial charge in [-0.3, -0.25) is 0 Å². The smallest absolute Gasteiger partial charge is 0.0657 e. The zero-order valence-electron chi connectivity index (χ0n) is 6.32. The van der Waals surface area contributed by atoms with Crippen LogP contribution in [0.15, 0.2) is 0 Å². The lowest BCUT2D eigenvalue weighted by Gasteiger charge is -2.14. The maximum Gasteiger partial charge on any atom is 0.0657 e. The Kier molecular flexibility index (Phi) is 6.17. The second-order valence-electron chi connectivity index (χ2n) is 2.41. The molecule has 0 amide bonds. The van der Waals surface area contributed by atoms with Gasteiger partial charge < -0.3 is 10.2 Å². The Balaban J connectivity index is 3.31. The minimum atomic E-state index is -0.361. The van der Waals surface area contributed by atoms with E-state index < -0.39 is 0 Å². The van der Waals surface area contributed by atoms with Crippen LogP contribution in [0.5, 0.6) is 0 Å². The standard InChI is InChI=1S/C7H16O2S/c1-2-7(10)6(9)4-3-5-8/h6-10H,2-5H2,1H3. The number of rotatable bonds is 5. The van der Waals surface area contributed by atoms with E-state index in [0.29, 0.717) is 12.8 Å². The van der Waals surface area contributed by atoms with Crippen LogP contribution in [0.3, 0.4) is 0 Å². The van der Waals surface area contributed by atoms with E-state index in [1.54, 1.807) is 0 Å². The summed E-state index contributed by atoms with van der Waals surface area (Å²) in [6.07, 6.45) is 1.83. The fourth-order valence-electron chi connectivity index (χ4n) is 0.765. The van der Waals surface area contributed by atoms with Gasteiger partial charge in [-0.25, -0.2) is 0 Å². The molecule has 10 heavy (non-hydrogen) atoms. The zero-order valence-corrected chi connectivity index (χ0v) is 7.22. The molecule has 2 atom stereocenters. The van der Waals surface area contributed by atoms with Crippen LogP contribution in [0.1, 0.15) is 26.2 Å². The number of aliphatic hydroxyl groups is 2. The Morgan fingerprint density at radius 2 is 2.10 bits per heavy atom. The fourth-order valence-corrected chi connectivity index (χ4v) is 0.914. The molecule has 0 saturated carbocycles. The van der Waals surface area contributed by atoms with Crippen molar-refractivity contribution in [2.75, 3.05) is 6.61 Å². The summed E-state index contributed by atoms with van der Waals surface area (Å²) in [5.74, 6) is 0. The molecule has 0 fully saturated rings. The van der Waals surface area contributed by atoms with Crippen molar-refractivity contribution in [2.24, 2.45) is 0 Å². The summed E-state index contributed by atoms with van der Waals surface area (Å²) in [6, 6.07) is 0. The van der Waals surface area contributed by atoms with E-state index in [9.17, 15) is 5.11 Å². The van der Waals surface area contributed by atoms with Crippen LogP contribution in [0.2, 0.25) is 0 Å². The third-order valence-electron chi connectivity index (χ3n) is 1.52. The molecular formula is C7H16O2S. The van der Waals surface area contributed by atoms with Gasteiger partial charge in [0, 0.05) is 11.9 Å². The van der Waals surface area contributed by atoms with Crippen molar-refractivity contribution in [1.82, 2.24) is 0 Å². The van der Waals surface area contributed by atoms with Gasteiger partial charge in [-0.05, 0) is 19.3 Å². The maximum absolute atomic E-state index is 9.26. The van der Waals surface area contributed by atoms with Gasteiger partial charge >= 0.3 is 0 Å². The van der Waals surface area contributed by atoms with Crippen LogP contribution in [0, 0.1) is 0 Å². The quantitative estimate of drug-likeness (QED) is 0.527. The molecule has 0 aliphatic heterocycles. The zero-order chi connectivity index (χ0) is 7.98. The van der Waals surface area contributed by atoms with Gasteiger partial charge in [-0.15, -0.1) is 0 Å². The molecule has 0 aromatic heterocycles. The topological polar surface area (TPSA) is 40.5 Å². The molecule has 0 aliphatic carbocycles. The van der Waals surface area contributed by atoms with Crippen LogP contribution >= 0.6 is 12.6 Å². The SMILES string of the molecule is CCC(S)C(O)CCCO. The Morgan fingerprint density at radius 3 is 2.50 bits per heavy atom. The van der Waals surface area contributed by atoms with E-state index >= 15 is 0 Å². The number of hydrogen-bond donors (Lipinski definition) is 3. The number of aliphatic hydroxyl groups excluding tert-OH is 2. The second-order valence-corrected chi connectivity index (χ2v) is 3.07. The molecule has 0 heterocycles. The summed E-state index contributed by atoms with van der Waals surface area (Å²) in [4.78, 5) is 0. The van der Waals surface area contributed by atoms with Crippen LogP contribution in [0.25, 0.3) is 0 Å². The molecule has 0 aromatic carbocycles. The van der Waals surface area contributed by atoms with Crippen LogP contribution in [-0.4, -0.2) is 28.2 Å². The second kappa shape index (κ2) is 6.01. The van der Waals surface area contributed by atoms with Gasteiger partial charge in [0.05, 0.1) is 6.10 Å². The first-order chi connectivity index (χ1) is 4.72. The van der Waals surface area contributed by atoms with Gasteiger partial charge in [0.15, 0.2) is 0 Å². The van der Waals surface area contributed by atoms with Crippen molar-refractivity contribution >= 4 is 12.6 Å². The van der Waals surface area contributed by atoms with Crippen molar-refractivity contribution in [3.63, 3.8) is 0 Å². The lowest BCUT2D eigenvalue weighted by molar-refractivity contribution is 0.146. The van der Waals surface area contributed by atoms with Gasteiger partial charge in [0.1, 0.15) is 0 Å². The third-order valence-corrected chi connectivity index (χ3v) is 2.23. The van der Waals surface area contributed by atoms with Gasteiger partial charge in [-0.2, -0.15) is 12.6 Å². The molecule has 62 valence electrons. The van der Waals surface area contributed by atoms with E-state index in [4.69, 9.17) is 5.11 Å². The maximum atomic E-state index is 9.26. The Morgan fingerprint density at radius 1 is 1.50 bits per heavy atom. The first-order valence-electron chi connectivity index (χ1n) is 3.69. The van der Waals surface area contributed by atoms with Crippen molar-refractivity contribution in [2.45, 2.75) is 37.5 Å². The molecule has 3 heteroatoms. The van der Waals surface area contributed by atoms with Crippen LogP contribution < -0.4 is 0 Å². The van der Waals surface area contributed by atoms with Gasteiger partial charge in [0.25, 0.3) is 0 Å². The minimum Gasteiger partial charge on any atom is -0.396 e. The third kappa shape index (κ3) is 4.14. The summed E-state index contributed by atoms with van der Waals surface area (Å²) >= 11 is 4.17. The normalized spacial score (nSPS) is 16.8. The van der Waals surface area contributed by atoms with E-state index in [-0.39, 0.29) is 18.0 Å². The van der Waals surface area contributed by atoms with Gasteiger partial charge in [-0.1, -0.05) is 6.92 Å². The highest BCUT2D eigenvalue weighted by molar-refractivity contribution is 7.81. The lowest BCUT2D eigenvalue weighted by Crippen LogP contribution is -2.20. The fraction of sp³-hybridized carbons (Fsp3) is 1.00. The first kappa shape index (κ1) is 10.3. The number of thiol groups is 1. The van der Waals surface area contributed by atoms with Crippen LogP contribution in [0.4, 0.5) is 0 Å². The first-order valence-corrected chi connectivity index (χ1v) is 4.21. The Labute approximate surface area is 67.7 Å². The van der Waals surface area contributed by atoms with Crippen molar-refractivity contribution in [1.29, 1.82) is 0 Å². The summed E-state index contributed by atoms with van der Waals surface area (Å²) in [5.41, 5.74) is 0. The summed E-state index contributed by atoms with van der Waals surface area (Å²) in [5, 5.41) is 17.8. The highest BCUT2D eigenvalue weighted by Crippen LogP contribution is 2.10. The molecule has 0 rings (SSSR count). The average molecular weight is 164 g/mol. The monoisotopic (exact) mass is 164 g/mol. The largest absolute Gasteiger partial charge is 0.396 e. The van der Waals surface area contributed by atoms with Crippen molar-refractivity contribution < 1.29 is 10.2 Å². The van der Waals surface area contributed by atoms with E-state index in [1.165, 1.54) is 0 Å². The summed E-state index contributed by atoms with van der Waals surface area (Å²) in [7, 11) is 0. The molecule has 0 radical (unpaired) electrons. The highest BCUT2D eigenvalue weighted by atomic mass is 32.1. The predicted octanol–water partition coefficient (Wildman–Crippen LogP) is 0.828. The van der Waals surface area contributed by atoms with Crippen LogP contribution in [-0.2, 0) is 0 Å². The van der Waals surface area contributed by atoms with E-state index in [0.717, 1.165) is 6.42 Å². The molecule has 0 bridgehead atoms. The molecule has 0 spiro atoms. The van der Waals surface area contributed by atoms with Gasteiger partial charge in [0.2, 0.25) is 0 Å². The van der Waals surface area contributed by atoms with Crippen molar-refractivity contribution in [3.8, 4) is 0 Å². The molecule has 2 nitrogen and oxygen atoms in total. The molecular weight excluding hydrogens is 148 g/mol. The minimum absolute atomic E-state index is 0.0616. The predicted molar refractivity (Wildman–Crippen MR) is 45.4 cm³/mol. The van der Waals surface area contributed by atoms with Crippen molar-refractivity contribution in [3.05, 3.63) is 0 Å². The molecule has 2 N–H and O–H groups in total. The Hall–Kier alpha value is 0.270. The summed E-state index contributed by atoms with van der Waals surface area (Å²) < 4.78 is 0. The number of hydrogen-bond acceptors (Lipinski definition) is 3. The Bertz CT molecular complexity index is 78.0. The highest BCUT2D eigenvalue weighted by Gasteiger charge is 2.11. The average Bonchev–Trinajstić information content (AvgIpc) is 1.98. The molecule has 0 aromatic rings. The molecule has 0 aliphatic rings. The van der Waals surface area contributed by atoms with E-state index in [1.807, 2.05) is 6.92 Å². The van der Waals surface area contributed by atoms with E-state index in [2.05, 4.69) is 12.6 Å². The summed E-state index contributed by atoms with van der Waals surface area (Å²) in [6.45, 7) is 2.14. The lowest BCUT2D eigenvalue weighted by atomic mass is 10.1.